The molecule has 0 spiro atoms. The van der Waals surface area contributed by atoms with Gasteiger partial charge < -0.3 is 5.73 Å². The largest absolute Gasteiger partial charge is 0.327 e. The predicted molar refractivity (Wildman–Crippen MR) is 56.6 cm³/mol. The molecule has 1 unspecified atom stereocenters. The minimum atomic E-state index is 0.0408. The second kappa shape index (κ2) is 5.38. The van der Waals surface area contributed by atoms with Gasteiger partial charge in [0.2, 0.25) is 0 Å². The minimum Gasteiger partial charge on any atom is -0.327 e. The van der Waals surface area contributed by atoms with Gasteiger partial charge in [-0.2, -0.15) is 0 Å². The van der Waals surface area contributed by atoms with Crippen molar-refractivity contribution in [3.05, 3.63) is 0 Å². The number of rotatable bonds is 5. The molecule has 0 saturated carbocycles. The first kappa shape index (κ1) is 12.6. The first-order valence-corrected chi connectivity index (χ1v) is 5.12. The van der Waals surface area contributed by atoms with Crippen molar-refractivity contribution >= 4 is 5.78 Å². The van der Waals surface area contributed by atoms with Crippen molar-refractivity contribution in [1.82, 2.24) is 0 Å². The van der Waals surface area contributed by atoms with E-state index in [1.807, 2.05) is 6.92 Å². The molecule has 1 atom stereocenters. The van der Waals surface area contributed by atoms with Crippen LogP contribution in [0.25, 0.3) is 0 Å². The highest BCUT2D eigenvalue weighted by molar-refractivity contribution is 5.78. The lowest BCUT2D eigenvalue weighted by Gasteiger charge is -2.22. The molecule has 0 radical (unpaired) electrons. The molecule has 0 aliphatic carbocycles. The Morgan fingerprint density at radius 3 is 2.31 bits per heavy atom. The number of nitrogens with two attached hydrogens (primary N) is 1. The fourth-order valence-electron chi connectivity index (χ4n) is 1.53. The number of carbonyl (C=O) groups excluding carboxylic acids is 1. The van der Waals surface area contributed by atoms with Gasteiger partial charge in [0.15, 0.2) is 0 Å². The molecule has 0 aromatic heterocycles. The molecular formula is C11H23NO. The van der Waals surface area contributed by atoms with Gasteiger partial charge >= 0.3 is 0 Å². The van der Waals surface area contributed by atoms with Crippen molar-refractivity contribution in [2.45, 2.75) is 59.4 Å². The molecule has 0 fully saturated rings. The highest BCUT2D eigenvalue weighted by atomic mass is 16.1. The summed E-state index contributed by atoms with van der Waals surface area (Å²) in [7, 11) is 0. The average molecular weight is 185 g/mol. The molecule has 0 rings (SSSR count). The Balaban J connectivity index is 3.74. The van der Waals surface area contributed by atoms with Crippen molar-refractivity contribution in [2.75, 3.05) is 0 Å². The standard InChI is InChI=1S/C11H23NO/c1-5-6-10(13)7-9(12)8-11(2,3)4/h9H,5-8,12H2,1-4H3. The second-order valence-corrected chi connectivity index (χ2v) is 5.02. The van der Waals surface area contributed by atoms with Crippen molar-refractivity contribution in [3.8, 4) is 0 Å². The van der Waals surface area contributed by atoms with Gasteiger partial charge in [0.1, 0.15) is 5.78 Å². The summed E-state index contributed by atoms with van der Waals surface area (Å²) >= 11 is 0. The average Bonchev–Trinajstić information content (AvgIpc) is 1.81. The molecule has 0 saturated heterocycles. The maximum atomic E-state index is 11.3. The highest BCUT2D eigenvalue weighted by Gasteiger charge is 2.17. The predicted octanol–water partition coefficient (Wildman–Crippen LogP) is 2.51. The summed E-state index contributed by atoms with van der Waals surface area (Å²) < 4.78 is 0. The number of carbonyl (C=O) groups is 1. The van der Waals surface area contributed by atoms with Crippen LogP contribution in [-0.4, -0.2) is 11.8 Å². The van der Waals surface area contributed by atoms with Gasteiger partial charge in [-0.25, -0.2) is 0 Å². The van der Waals surface area contributed by atoms with Crippen LogP contribution in [0, 0.1) is 5.41 Å². The van der Waals surface area contributed by atoms with Gasteiger partial charge in [0.25, 0.3) is 0 Å². The van der Waals surface area contributed by atoms with E-state index in [-0.39, 0.29) is 11.5 Å². The zero-order valence-electron chi connectivity index (χ0n) is 9.39. The number of ketones is 1. The summed E-state index contributed by atoms with van der Waals surface area (Å²) in [6, 6.07) is 0.0408. The summed E-state index contributed by atoms with van der Waals surface area (Å²) in [5.74, 6) is 0.305. The molecule has 0 amide bonds. The highest BCUT2D eigenvalue weighted by Crippen LogP contribution is 2.21. The first-order valence-electron chi connectivity index (χ1n) is 5.12. The van der Waals surface area contributed by atoms with E-state index in [9.17, 15) is 4.79 Å². The SMILES string of the molecule is CCCC(=O)CC(N)CC(C)(C)C. The van der Waals surface area contributed by atoms with Gasteiger partial charge in [0, 0.05) is 18.9 Å². The van der Waals surface area contributed by atoms with Crippen LogP contribution in [-0.2, 0) is 4.79 Å². The molecular weight excluding hydrogens is 162 g/mol. The number of hydrogen-bond acceptors (Lipinski definition) is 2. The van der Waals surface area contributed by atoms with Crippen molar-refractivity contribution in [3.63, 3.8) is 0 Å². The van der Waals surface area contributed by atoms with Gasteiger partial charge in [0.05, 0.1) is 0 Å². The summed E-state index contributed by atoms with van der Waals surface area (Å²) in [6.45, 7) is 8.47. The van der Waals surface area contributed by atoms with Crippen molar-refractivity contribution < 1.29 is 4.79 Å². The Kier molecular flexibility index (Phi) is 5.23. The summed E-state index contributed by atoms with van der Waals surface area (Å²) in [5.41, 5.74) is 6.10. The smallest absolute Gasteiger partial charge is 0.134 e. The van der Waals surface area contributed by atoms with E-state index in [4.69, 9.17) is 5.73 Å². The van der Waals surface area contributed by atoms with E-state index < -0.39 is 0 Å². The molecule has 0 aromatic rings. The molecule has 0 aliphatic rings. The molecule has 2 N–H and O–H groups in total. The van der Waals surface area contributed by atoms with Crippen LogP contribution < -0.4 is 5.73 Å². The van der Waals surface area contributed by atoms with Gasteiger partial charge in [-0.15, -0.1) is 0 Å². The fraction of sp³-hybridized carbons (Fsp3) is 0.909. The lowest BCUT2D eigenvalue weighted by Crippen LogP contribution is -2.28. The van der Waals surface area contributed by atoms with Crippen molar-refractivity contribution in [1.29, 1.82) is 0 Å². The Morgan fingerprint density at radius 2 is 1.92 bits per heavy atom. The molecule has 2 nitrogen and oxygen atoms in total. The molecule has 2 heteroatoms. The van der Waals surface area contributed by atoms with Crippen molar-refractivity contribution in [2.24, 2.45) is 11.1 Å². The van der Waals surface area contributed by atoms with Gasteiger partial charge in [-0.05, 0) is 18.3 Å². The van der Waals surface area contributed by atoms with Gasteiger partial charge in [-0.3, -0.25) is 4.79 Å². The topological polar surface area (TPSA) is 43.1 Å². The van der Waals surface area contributed by atoms with E-state index >= 15 is 0 Å². The van der Waals surface area contributed by atoms with Crippen LogP contribution in [0.4, 0.5) is 0 Å². The lowest BCUT2D eigenvalue weighted by atomic mass is 9.86. The minimum absolute atomic E-state index is 0.0408. The molecule has 0 aliphatic heterocycles. The Bertz CT molecular complexity index is 158. The van der Waals surface area contributed by atoms with E-state index in [2.05, 4.69) is 20.8 Å². The maximum Gasteiger partial charge on any atom is 0.134 e. The van der Waals surface area contributed by atoms with Crippen LogP contribution in [0.5, 0.6) is 0 Å². The molecule has 78 valence electrons. The maximum absolute atomic E-state index is 11.3. The van der Waals surface area contributed by atoms with Gasteiger partial charge in [-0.1, -0.05) is 27.7 Å². The van der Waals surface area contributed by atoms with E-state index in [1.165, 1.54) is 0 Å². The monoisotopic (exact) mass is 185 g/mol. The molecule has 13 heavy (non-hydrogen) atoms. The van der Waals surface area contributed by atoms with Crippen LogP contribution in [0.15, 0.2) is 0 Å². The summed E-state index contributed by atoms with van der Waals surface area (Å²) in [4.78, 5) is 11.3. The van der Waals surface area contributed by atoms with E-state index in [1.54, 1.807) is 0 Å². The summed E-state index contributed by atoms with van der Waals surface area (Å²) in [5, 5.41) is 0. The quantitative estimate of drug-likeness (QED) is 0.715. The van der Waals surface area contributed by atoms with Crippen LogP contribution in [0.2, 0.25) is 0 Å². The molecule has 0 bridgehead atoms. The summed E-state index contributed by atoms with van der Waals surface area (Å²) in [6.07, 6.45) is 3.08. The fourth-order valence-corrected chi connectivity index (χ4v) is 1.53. The van der Waals surface area contributed by atoms with Crippen LogP contribution in [0.1, 0.15) is 53.4 Å². The zero-order valence-corrected chi connectivity index (χ0v) is 9.39. The lowest BCUT2D eigenvalue weighted by molar-refractivity contribution is -0.119. The Hall–Kier alpha value is -0.370. The number of hydrogen-bond donors (Lipinski definition) is 1. The number of Topliss-reactive ketones (excluding diaryl/α,β-unsaturated/α-hetero) is 1. The first-order chi connectivity index (χ1) is 5.85. The Morgan fingerprint density at radius 1 is 1.38 bits per heavy atom. The third-order valence-corrected chi connectivity index (χ3v) is 1.89. The Labute approximate surface area is 81.9 Å². The third kappa shape index (κ3) is 7.97. The molecule has 0 heterocycles. The van der Waals surface area contributed by atoms with Crippen LogP contribution in [0.3, 0.4) is 0 Å². The van der Waals surface area contributed by atoms with E-state index in [0.717, 1.165) is 12.8 Å². The normalized spacial score (nSPS) is 14.2. The van der Waals surface area contributed by atoms with Crippen LogP contribution >= 0.6 is 0 Å². The second-order valence-electron chi connectivity index (χ2n) is 5.02. The third-order valence-electron chi connectivity index (χ3n) is 1.89. The molecule has 0 aromatic carbocycles. The van der Waals surface area contributed by atoms with E-state index in [0.29, 0.717) is 18.6 Å². The zero-order chi connectivity index (χ0) is 10.5.